The van der Waals surface area contributed by atoms with Crippen molar-refractivity contribution in [2.75, 3.05) is 11.9 Å². The maximum Gasteiger partial charge on any atom is 0.328 e. The van der Waals surface area contributed by atoms with Gasteiger partial charge >= 0.3 is 5.97 Å². The van der Waals surface area contributed by atoms with Crippen molar-refractivity contribution >= 4 is 11.7 Å². The number of anilines is 1. The average molecular weight is 261 g/mol. The highest BCUT2D eigenvalue weighted by atomic mass is 19.1. The van der Waals surface area contributed by atoms with E-state index in [9.17, 15) is 18.0 Å². The maximum absolute atomic E-state index is 13.4. The van der Waals surface area contributed by atoms with Crippen LogP contribution in [0.25, 0.3) is 0 Å². The number of halogens is 3. The van der Waals surface area contributed by atoms with Gasteiger partial charge in [-0.05, 0) is 13.3 Å². The lowest BCUT2D eigenvalue weighted by atomic mass is 10.2. The van der Waals surface area contributed by atoms with E-state index in [-0.39, 0.29) is 13.0 Å². The molecule has 18 heavy (non-hydrogen) atoms. The van der Waals surface area contributed by atoms with Crippen LogP contribution in [-0.4, -0.2) is 18.6 Å². The summed E-state index contributed by atoms with van der Waals surface area (Å²) in [6.07, 6.45) is 0.287. The van der Waals surface area contributed by atoms with Gasteiger partial charge in [0.05, 0.1) is 6.61 Å². The third kappa shape index (κ3) is 3.38. The van der Waals surface area contributed by atoms with Crippen molar-refractivity contribution in [3.63, 3.8) is 0 Å². The topological polar surface area (TPSA) is 38.3 Å². The Morgan fingerprint density at radius 3 is 2.28 bits per heavy atom. The average Bonchev–Trinajstić information content (AvgIpc) is 2.28. The quantitative estimate of drug-likeness (QED) is 0.828. The van der Waals surface area contributed by atoms with Crippen molar-refractivity contribution in [2.24, 2.45) is 0 Å². The number of ether oxygens (including phenoxy) is 1. The number of benzene rings is 1. The van der Waals surface area contributed by atoms with E-state index in [1.54, 1.807) is 13.8 Å². The largest absolute Gasteiger partial charge is 0.464 e. The number of carbonyl (C=O) groups is 1. The Bertz CT molecular complexity index is 414. The zero-order valence-electron chi connectivity index (χ0n) is 10.1. The molecular weight excluding hydrogens is 247 g/mol. The molecule has 0 aliphatic rings. The van der Waals surface area contributed by atoms with Crippen molar-refractivity contribution in [3.8, 4) is 0 Å². The molecular formula is C12H14F3NO2. The van der Waals surface area contributed by atoms with Gasteiger partial charge in [-0.2, -0.15) is 0 Å². The van der Waals surface area contributed by atoms with Gasteiger partial charge < -0.3 is 10.1 Å². The molecule has 3 nitrogen and oxygen atoms in total. The molecule has 1 N–H and O–H groups in total. The lowest BCUT2D eigenvalue weighted by Crippen LogP contribution is -2.31. The molecule has 0 saturated heterocycles. The first kappa shape index (κ1) is 14.3. The number of rotatable bonds is 5. The predicted molar refractivity (Wildman–Crippen MR) is 60.7 cm³/mol. The highest BCUT2D eigenvalue weighted by Gasteiger charge is 2.21. The van der Waals surface area contributed by atoms with Crippen molar-refractivity contribution in [1.82, 2.24) is 0 Å². The standard InChI is InChI=1S/C12H14F3NO2/c1-3-10(12(17)18-4-2)16-11-8(14)5-7(13)6-9(11)15/h5-6,10,16H,3-4H2,1-2H3. The first-order valence-electron chi connectivity index (χ1n) is 5.57. The maximum atomic E-state index is 13.4. The van der Waals surface area contributed by atoms with Crippen LogP contribution in [0.2, 0.25) is 0 Å². The third-order valence-corrected chi connectivity index (χ3v) is 2.30. The Hall–Kier alpha value is -1.72. The van der Waals surface area contributed by atoms with Crippen LogP contribution in [0.3, 0.4) is 0 Å². The summed E-state index contributed by atoms with van der Waals surface area (Å²) in [4.78, 5) is 11.5. The molecule has 100 valence electrons. The van der Waals surface area contributed by atoms with Gasteiger partial charge in [0.1, 0.15) is 17.5 Å². The predicted octanol–water partition coefficient (Wildman–Crippen LogP) is 2.86. The van der Waals surface area contributed by atoms with Crippen LogP contribution in [0.15, 0.2) is 12.1 Å². The number of hydrogen-bond acceptors (Lipinski definition) is 3. The SMILES string of the molecule is CCOC(=O)C(CC)Nc1c(F)cc(F)cc1F. The van der Waals surface area contributed by atoms with Crippen molar-refractivity contribution in [1.29, 1.82) is 0 Å². The molecule has 0 bridgehead atoms. The summed E-state index contributed by atoms with van der Waals surface area (Å²) in [5, 5.41) is 2.39. The van der Waals surface area contributed by atoms with Crippen LogP contribution < -0.4 is 5.32 Å². The van der Waals surface area contributed by atoms with Gasteiger partial charge in [-0.3, -0.25) is 0 Å². The summed E-state index contributed by atoms with van der Waals surface area (Å²) in [5.74, 6) is -3.80. The molecule has 0 radical (unpaired) electrons. The summed E-state index contributed by atoms with van der Waals surface area (Å²) in [7, 11) is 0. The van der Waals surface area contributed by atoms with Gasteiger partial charge in [-0.1, -0.05) is 6.92 Å². The van der Waals surface area contributed by atoms with E-state index in [1.807, 2.05) is 0 Å². The number of carbonyl (C=O) groups excluding carboxylic acids is 1. The van der Waals surface area contributed by atoms with Crippen LogP contribution in [-0.2, 0) is 9.53 Å². The van der Waals surface area contributed by atoms with Gasteiger partial charge in [0, 0.05) is 12.1 Å². The Kier molecular flexibility index (Phi) is 5.00. The van der Waals surface area contributed by atoms with Gasteiger partial charge in [0.15, 0.2) is 11.6 Å². The molecule has 0 fully saturated rings. The summed E-state index contributed by atoms with van der Waals surface area (Å²) in [5.41, 5.74) is -0.531. The molecule has 0 saturated carbocycles. The molecule has 1 unspecified atom stereocenters. The monoisotopic (exact) mass is 261 g/mol. The minimum atomic E-state index is -1.09. The highest BCUT2D eigenvalue weighted by molar-refractivity contribution is 5.79. The van der Waals surface area contributed by atoms with Crippen molar-refractivity contribution in [3.05, 3.63) is 29.6 Å². The van der Waals surface area contributed by atoms with E-state index in [4.69, 9.17) is 4.74 Å². The zero-order chi connectivity index (χ0) is 13.7. The zero-order valence-corrected chi connectivity index (χ0v) is 10.1. The number of hydrogen-bond donors (Lipinski definition) is 1. The second-order valence-corrected chi connectivity index (χ2v) is 3.60. The molecule has 0 spiro atoms. The minimum Gasteiger partial charge on any atom is -0.464 e. The minimum absolute atomic E-state index is 0.172. The summed E-state index contributed by atoms with van der Waals surface area (Å²) in [6.45, 7) is 3.46. The van der Waals surface area contributed by atoms with E-state index < -0.39 is 35.2 Å². The molecule has 1 aromatic rings. The highest BCUT2D eigenvalue weighted by Crippen LogP contribution is 2.21. The van der Waals surface area contributed by atoms with Gasteiger partial charge in [0.2, 0.25) is 0 Å². The van der Waals surface area contributed by atoms with Crippen molar-refractivity contribution in [2.45, 2.75) is 26.3 Å². The fourth-order valence-electron chi connectivity index (χ4n) is 1.42. The Morgan fingerprint density at radius 1 is 1.28 bits per heavy atom. The lowest BCUT2D eigenvalue weighted by molar-refractivity contribution is -0.144. The van der Waals surface area contributed by atoms with Gasteiger partial charge in [-0.25, -0.2) is 18.0 Å². The Balaban J connectivity index is 2.92. The molecule has 0 heterocycles. The molecule has 0 aromatic heterocycles. The summed E-state index contributed by atoms with van der Waals surface area (Å²) >= 11 is 0. The molecule has 6 heteroatoms. The molecule has 1 rings (SSSR count). The van der Waals surface area contributed by atoms with Gasteiger partial charge in [-0.15, -0.1) is 0 Å². The molecule has 0 aliphatic heterocycles. The Morgan fingerprint density at radius 2 is 1.83 bits per heavy atom. The molecule has 1 atom stereocenters. The molecule has 0 amide bonds. The summed E-state index contributed by atoms with van der Waals surface area (Å²) in [6, 6.07) is 0.214. The molecule has 1 aromatic carbocycles. The second-order valence-electron chi connectivity index (χ2n) is 3.60. The third-order valence-electron chi connectivity index (χ3n) is 2.30. The number of nitrogens with one attached hydrogen (secondary N) is 1. The van der Waals surface area contributed by atoms with Crippen LogP contribution in [0.1, 0.15) is 20.3 Å². The Labute approximate surface area is 103 Å². The van der Waals surface area contributed by atoms with E-state index in [1.165, 1.54) is 0 Å². The number of esters is 1. The van der Waals surface area contributed by atoms with E-state index in [2.05, 4.69) is 5.32 Å². The van der Waals surface area contributed by atoms with Crippen molar-refractivity contribution < 1.29 is 22.7 Å². The first-order valence-corrected chi connectivity index (χ1v) is 5.57. The second kappa shape index (κ2) is 6.28. The van der Waals surface area contributed by atoms with Crippen LogP contribution >= 0.6 is 0 Å². The normalized spacial score (nSPS) is 12.1. The van der Waals surface area contributed by atoms with E-state index in [0.717, 1.165) is 0 Å². The van der Waals surface area contributed by atoms with Crippen LogP contribution in [0.4, 0.5) is 18.9 Å². The van der Waals surface area contributed by atoms with Gasteiger partial charge in [0.25, 0.3) is 0 Å². The lowest BCUT2D eigenvalue weighted by Gasteiger charge is -2.17. The summed E-state index contributed by atoms with van der Waals surface area (Å²) < 4.78 is 44.2. The van der Waals surface area contributed by atoms with E-state index >= 15 is 0 Å². The fraction of sp³-hybridized carbons (Fsp3) is 0.417. The molecule has 0 aliphatic carbocycles. The fourth-order valence-corrected chi connectivity index (χ4v) is 1.42. The van der Waals surface area contributed by atoms with Crippen LogP contribution in [0.5, 0.6) is 0 Å². The van der Waals surface area contributed by atoms with E-state index in [0.29, 0.717) is 12.1 Å². The first-order chi connectivity index (χ1) is 8.49. The van der Waals surface area contributed by atoms with Crippen LogP contribution in [0, 0.1) is 17.5 Å². The smallest absolute Gasteiger partial charge is 0.328 e.